The third-order valence-corrected chi connectivity index (χ3v) is 10.7. The first kappa shape index (κ1) is 58.2. The van der Waals surface area contributed by atoms with Crippen LogP contribution < -0.4 is 0 Å². The number of hydrogen-bond donors (Lipinski definition) is 1. The molecule has 0 aliphatic carbocycles. The first-order valence-corrected chi connectivity index (χ1v) is 25.3. The highest BCUT2D eigenvalue weighted by molar-refractivity contribution is 7.47. The van der Waals surface area contributed by atoms with Gasteiger partial charge in [-0.1, -0.05) is 176 Å². The molecule has 0 aromatic rings. The van der Waals surface area contributed by atoms with Gasteiger partial charge in [-0.15, -0.1) is 0 Å². The first-order valence-electron chi connectivity index (χ1n) is 23.8. The van der Waals surface area contributed by atoms with E-state index >= 15 is 0 Å². The number of esters is 2. The molecule has 0 saturated carbocycles. The minimum atomic E-state index is -4.38. The number of unbranched alkanes of at least 4 members (excludes halogenated alkanes) is 14. The van der Waals surface area contributed by atoms with Crippen LogP contribution in [-0.2, 0) is 32.7 Å². The van der Waals surface area contributed by atoms with E-state index in [1.165, 1.54) is 51.4 Å². The Kier molecular flexibility index (Phi) is 40.5. The fraction of sp³-hybridized carbons (Fsp3) is 0.686. The Morgan fingerprint density at radius 2 is 0.934 bits per heavy atom. The van der Waals surface area contributed by atoms with E-state index in [1.54, 1.807) is 0 Å². The summed E-state index contributed by atoms with van der Waals surface area (Å²) in [6, 6.07) is 0. The number of carbonyl (C=O) groups excluding carboxylic acids is 2. The maximum Gasteiger partial charge on any atom is 0.472 e. The zero-order chi connectivity index (χ0) is 45.0. The molecule has 0 spiro atoms. The van der Waals surface area contributed by atoms with Crippen molar-refractivity contribution >= 4 is 19.8 Å². The quantitative estimate of drug-likeness (QED) is 0.0212. The molecule has 0 bridgehead atoms. The van der Waals surface area contributed by atoms with Crippen LogP contribution in [0.2, 0.25) is 0 Å². The largest absolute Gasteiger partial charge is 0.472 e. The van der Waals surface area contributed by atoms with Gasteiger partial charge in [-0.2, -0.15) is 0 Å². The van der Waals surface area contributed by atoms with E-state index < -0.39 is 26.5 Å². The van der Waals surface area contributed by atoms with Gasteiger partial charge in [-0.3, -0.25) is 18.6 Å². The number of likely N-dealkylation sites (N-methyl/N-ethyl adjacent to an activating group) is 1. The van der Waals surface area contributed by atoms with Crippen molar-refractivity contribution in [3.05, 3.63) is 85.1 Å². The van der Waals surface area contributed by atoms with Gasteiger partial charge in [-0.25, -0.2) is 4.57 Å². The van der Waals surface area contributed by atoms with Crippen molar-refractivity contribution < 1.29 is 42.1 Å². The zero-order valence-corrected chi connectivity index (χ0v) is 40.3. The van der Waals surface area contributed by atoms with E-state index in [2.05, 4.69) is 98.9 Å². The Morgan fingerprint density at radius 3 is 1.39 bits per heavy atom. The predicted molar refractivity (Wildman–Crippen MR) is 256 cm³/mol. The number of ether oxygens (including phenoxy) is 2. The third kappa shape index (κ3) is 46.5. The Hall–Kier alpha value is -2.81. The fourth-order valence-electron chi connectivity index (χ4n) is 5.99. The standard InChI is InChI=1S/C51H88NO8P/c1-6-8-10-12-14-16-17-18-19-20-21-22-23-24-25-26-27-28-29-30-31-32-33-34-35-36-38-40-42-44-51(54)60-49(48-59-61(55,56)58-46-45-52(3,4)5)47-57-50(53)43-41-39-37-15-13-11-9-7-2/h8,10,14,16,18-19,21-22,24-25,27-28,30-31,49H,6-7,9,11-13,15,17,20,23,26,29,32-48H2,1-5H3/p+1/b10-8-,16-14-,19-18-,22-21-,25-24-,28-27-,31-30-. The Labute approximate surface area is 373 Å². The number of nitrogens with zero attached hydrogens (tertiary/aromatic N) is 1. The number of quaternary nitrogens is 1. The Balaban J connectivity index is 4.19. The average molecular weight is 875 g/mol. The van der Waals surface area contributed by atoms with Gasteiger partial charge in [0.15, 0.2) is 6.10 Å². The van der Waals surface area contributed by atoms with Crippen LogP contribution in [-0.4, -0.2) is 74.9 Å². The van der Waals surface area contributed by atoms with Crippen molar-refractivity contribution in [1.82, 2.24) is 0 Å². The monoisotopic (exact) mass is 875 g/mol. The van der Waals surface area contributed by atoms with E-state index in [-0.39, 0.29) is 32.0 Å². The smallest absolute Gasteiger partial charge is 0.462 e. The number of phosphoric ester groups is 1. The highest BCUT2D eigenvalue weighted by atomic mass is 31.2. The fourth-order valence-corrected chi connectivity index (χ4v) is 6.73. The molecule has 2 atom stereocenters. The van der Waals surface area contributed by atoms with Crippen LogP contribution in [0.4, 0.5) is 0 Å². The summed E-state index contributed by atoms with van der Waals surface area (Å²) in [4.78, 5) is 35.3. The maximum atomic E-state index is 12.7. The van der Waals surface area contributed by atoms with E-state index in [9.17, 15) is 19.0 Å². The molecular formula is C51H89NO8P+. The first-order chi connectivity index (χ1) is 29.5. The Morgan fingerprint density at radius 1 is 0.525 bits per heavy atom. The topological polar surface area (TPSA) is 108 Å². The summed E-state index contributed by atoms with van der Waals surface area (Å²) in [5.41, 5.74) is 0. The SMILES string of the molecule is CC/C=C\C/C=C\C/C=C\C/C=C\C/C=C\C/C=C\C/C=C\CCCCCCCCCC(=O)OC(COC(=O)CCCCCCCCCC)COP(=O)(O)OCC[N+](C)(C)C. The summed E-state index contributed by atoms with van der Waals surface area (Å²) in [6.07, 6.45) is 55.1. The Bertz CT molecular complexity index is 1310. The van der Waals surface area contributed by atoms with Gasteiger partial charge in [0.1, 0.15) is 19.8 Å². The van der Waals surface area contributed by atoms with Gasteiger partial charge in [0.2, 0.25) is 0 Å². The second-order valence-corrected chi connectivity index (χ2v) is 18.2. The number of rotatable bonds is 42. The van der Waals surface area contributed by atoms with Crippen LogP contribution in [0.3, 0.4) is 0 Å². The molecule has 9 nitrogen and oxygen atoms in total. The lowest BCUT2D eigenvalue weighted by atomic mass is 10.1. The second-order valence-electron chi connectivity index (χ2n) is 16.8. The van der Waals surface area contributed by atoms with Gasteiger partial charge in [0.05, 0.1) is 27.7 Å². The summed E-state index contributed by atoms with van der Waals surface area (Å²) in [7, 11) is 1.46. The molecule has 1 N–H and O–H groups in total. The summed E-state index contributed by atoms with van der Waals surface area (Å²) < 4.78 is 34.2. The highest BCUT2D eigenvalue weighted by Crippen LogP contribution is 2.43. The summed E-state index contributed by atoms with van der Waals surface area (Å²) in [5, 5.41) is 0. The molecule has 0 aliphatic rings. The molecule has 10 heteroatoms. The summed E-state index contributed by atoms with van der Waals surface area (Å²) in [5.74, 6) is -0.822. The van der Waals surface area contributed by atoms with Gasteiger partial charge < -0.3 is 18.9 Å². The minimum Gasteiger partial charge on any atom is -0.462 e. The van der Waals surface area contributed by atoms with Gasteiger partial charge in [-0.05, 0) is 70.6 Å². The van der Waals surface area contributed by atoms with Crippen molar-refractivity contribution in [2.75, 3.05) is 47.5 Å². The molecule has 0 aromatic carbocycles. The minimum absolute atomic E-state index is 0.0259. The van der Waals surface area contributed by atoms with E-state index in [0.29, 0.717) is 17.4 Å². The predicted octanol–water partition coefficient (Wildman–Crippen LogP) is 14.0. The lowest BCUT2D eigenvalue weighted by molar-refractivity contribution is -0.870. The average Bonchev–Trinajstić information content (AvgIpc) is 3.21. The molecule has 0 heterocycles. The lowest BCUT2D eigenvalue weighted by Gasteiger charge is -2.24. The van der Waals surface area contributed by atoms with Gasteiger partial charge >= 0.3 is 19.8 Å². The molecule has 0 amide bonds. The van der Waals surface area contributed by atoms with Crippen LogP contribution in [0.15, 0.2) is 85.1 Å². The van der Waals surface area contributed by atoms with Crippen LogP contribution in [0.25, 0.3) is 0 Å². The van der Waals surface area contributed by atoms with Crippen LogP contribution in [0.1, 0.15) is 174 Å². The molecule has 0 aromatic heterocycles. The molecule has 61 heavy (non-hydrogen) atoms. The lowest BCUT2D eigenvalue weighted by Crippen LogP contribution is -2.37. The molecule has 0 fully saturated rings. The highest BCUT2D eigenvalue weighted by Gasteiger charge is 2.27. The zero-order valence-electron chi connectivity index (χ0n) is 39.4. The van der Waals surface area contributed by atoms with Crippen molar-refractivity contribution in [3.63, 3.8) is 0 Å². The van der Waals surface area contributed by atoms with E-state index in [4.69, 9.17) is 18.5 Å². The molecule has 0 aliphatic heterocycles. The number of hydrogen-bond acceptors (Lipinski definition) is 7. The van der Waals surface area contributed by atoms with Crippen LogP contribution in [0.5, 0.6) is 0 Å². The number of carbonyl (C=O) groups is 2. The van der Waals surface area contributed by atoms with Crippen molar-refractivity contribution in [3.8, 4) is 0 Å². The van der Waals surface area contributed by atoms with Crippen molar-refractivity contribution in [2.45, 2.75) is 180 Å². The second kappa shape index (κ2) is 42.5. The van der Waals surface area contributed by atoms with Gasteiger partial charge in [0, 0.05) is 12.8 Å². The maximum absolute atomic E-state index is 12.7. The van der Waals surface area contributed by atoms with Crippen molar-refractivity contribution in [2.24, 2.45) is 0 Å². The normalized spacial score (nSPS) is 14.3. The van der Waals surface area contributed by atoms with Crippen molar-refractivity contribution in [1.29, 1.82) is 0 Å². The third-order valence-electron chi connectivity index (χ3n) is 9.69. The molecular weight excluding hydrogens is 786 g/mol. The number of allylic oxidation sites excluding steroid dienone is 14. The van der Waals surface area contributed by atoms with Crippen LogP contribution >= 0.6 is 7.82 Å². The molecule has 0 radical (unpaired) electrons. The molecule has 2 unspecified atom stereocenters. The van der Waals surface area contributed by atoms with E-state index in [1.807, 2.05) is 21.1 Å². The van der Waals surface area contributed by atoms with Crippen LogP contribution in [0, 0.1) is 0 Å². The molecule has 0 rings (SSSR count). The number of phosphoric acid groups is 1. The summed E-state index contributed by atoms with van der Waals surface area (Å²) >= 11 is 0. The molecule has 0 saturated heterocycles. The summed E-state index contributed by atoms with van der Waals surface area (Å²) in [6.45, 7) is 4.24. The molecule has 350 valence electrons. The van der Waals surface area contributed by atoms with Gasteiger partial charge in [0.25, 0.3) is 0 Å². The van der Waals surface area contributed by atoms with E-state index in [0.717, 1.165) is 89.9 Å².